The predicted octanol–water partition coefficient (Wildman–Crippen LogP) is 1.78. The second-order valence-corrected chi connectivity index (χ2v) is 3.16. The Morgan fingerprint density at radius 3 is 2.12 bits per heavy atom. The van der Waals surface area contributed by atoms with Crippen LogP contribution in [0.1, 0.15) is 6.42 Å². The van der Waals surface area contributed by atoms with E-state index in [1.807, 2.05) is 30.5 Å². The summed E-state index contributed by atoms with van der Waals surface area (Å²) in [4.78, 5) is 23.0. The molecule has 0 amide bonds. The first-order valence-electron chi connectivity index (χ1n) is 4.83. The first-order valence-corrected chi connectivity index (χ1v) is 4.83. The van der Waals surface area contributed by atoms with Crippen LogP contribution in [-0.4, -0.2) is 27.1 Å². The Balaban J connectivity index is 0.000000185. The molecule has 0 saturated carbocycles. The van der Waals surface area contributed by atoms with Crippen molar-refractivity contribution in [2.45, 2.75) is 6.42 Å². The highest BCUT2D eigenvalue weighted by Gasteiger charge is 2.01. The van der Waals surface area contributed by atoms with Gasteiger partial charge in [-0.25, -0.2) is 0 Å². The lowest BCUT2D eigenvalue weighted by atomic mass is 10.2. The van der Waals surface area contributed by atoms with Crippen molar-refractivity contribution in [1.29, 1.82) is 0 Å². The average molecular weight is 233 g/mol. The molecular weight excluding hydrogens is 222 g/mol. The zero-order valence-corrected chi connectivity index (χ0v) is 8.91. The maximum atomic E-state index is 9.43. The van der Waals surface area contributed by atoms with E-state index in [1.54, 1.807) is 0 Å². The third-order valence-electron chi connectivity index (χ3n) is 1.81. The van der Waals surface area contributed by atoms with Crippen LogP contribution < -0.4 is 0 Å². The molecule has 0 aliphatic rings. The predicted molar refractivity (Wildman–Crippen MR) is 61.6 cm³/mol. The maximum Gasteiger partial charge on any atom is 0.314 e. The van der Waals surface area contributed by atoms with Gasteiger partial charge in [-0.05, 0) is 12.1 Å². The number of hydrogen-bond acceptors (Lipinski definition) is 3. The quantitative estimate of drug-likeness (QED) is 0.772. The molecule has 0 fully saturated rings. The van der Waals surface area contributed by atoms with E-state index in [4.69, 9.17) is 10.2 Å². The number of carboxylic acid groups (broad SMARTS) is 2. The van der Waals surface area contributed by atoms with E-state index in [2.05, 4.69) is 17.1 Å². The van der Waals surface area contributed by atoms with Crippen molar-refractivity contribution in [3.63, 3.8) is 0 Å². The molecule has 0 unspecified atom stereocenters. The maximum absolute atomic E-state index is 9.43. The summed E-state index contributed by atoms with van der Waals surface area (Å²) in [6.07, 6.45) is 1.00. The molecule has 2 N–H and O–H groups in total. The summed E-state index contributed by atoms with van der Waals surface area (Å²) in [6, 6.07) is 12.1. The molecule has 2 rings (SSSR count). The Bertz CT molecular complexity index is 447. The van der Waals surface area contributed by atoms with Gasteiger partial charge in [0, 0.05) is 11.6 Å². The first kappa shape index (κ1) is 12.6. The molecule has 2 aromatic rings. The van der Waals surface area contributed by atoms with Crippen LogP contribution in [0.5, 0.6) is 0 Å². The van der Waals surface area contributed by atoms with Gasteiger partial charge >= 0.3 is 11.9 Å². The van der Waals surface area contributed by atoms with Crippen molar-refractivity contribution >= 4 is 22.8 Å². The Morgan fingerprint density at radius 2 is 1.59 bits per heavy atom. The Kier molecular flexibility index (Phi) is 4.62. The Morgan fingerprint density at radius 1 is 1.00 bits per heavy atom. The molecule has 0 atom stereocenters. The summed E-state index contributed by atoms with van der Waals surface area (Å²) in [5.74, 6) is -2.62. The van der Waals surface area contributed by atoms with E-state index in [0.29, 0.717) is 0 Å². The molecule has 1 aromatic carbocycles. The number of hydrogen-bond donors (Lipinski definition) is 2. The van der Waals surface area contributed by atoms with Crippen LogP contribution in [0.15, 0.2) is 42.6 Å². The highest BCUT2D eigenvalue weighted by molar-refractivity contribution is 5.88. The number of nitrogens with zero attached hydrogens (tertiary/aromatic N) is 1. The number of para-hydroxylation sites is 1. The van der Waals surface area contributed by atoms with E-state index in [-0.39, 0.29) is 0 Å². The van der Waals surface area contributed by atoms with Crippen LogP contribution in [0, 0.1) is 0 Å². The number of aliphatic carboxylic acids is 2. The molecule has 88 valence electrons. The fraction of sp³-hybridized carbons (Fsp3) is 0.0833. The van der Waals surface area contributed by atoms with E-state index in [9.17, 15) is 9.59 Å². The van der Waals surface area contributed by atoms with Gasteiger partial charge in [-0.15, -0.1) is 0 Å². The van der Waals surface area contributed by atoms with Gasteiger partial charge < -0.3 is 10.2 Å². The summed E-state index contributed by atoms with van der Waals surface area (Å²) >= 11 is 0. The van der Waals surface area contributed by atoms with Gasteiger partial charge in [-0.1, -0.05) is 24.3 Å². The van der Waals surface area contributed by atoms with E-state index in [1.165, 1.54) is 5.39 Å². The lowest BCUT2D eigenvalue weighted by molar-refractivity contribution is -0.147. The van der Waals surface area contributed by atoms with Gasteiger partial charge in [-0.2, -0.15) is 0 Å². The van der Waals surface area contributed by atoms with Crippen molar-refractivity contribution in [2.24, 2.45) is 0 Å². The van der Waals surface area contributed by atoms with Crippen molar-refractivity contribution < 1.29 is 19.8 Å². The molecule has 0 bridgehead atoms. The van der Waals surface area contributed by atoms with Crippen LogP contribution in [0.2, 0.25) is 0 Å². The number of carboxylic acids is 2. The summed E-state index contributed by atoms with van der Waals surface area (Å²) in [6.45, 7) is 0. The van der Waals surface area contributed by atoms with Crippen molar-refractivity contribution in [1.82, 2.24) is 4.98 Å². The van der Waals surface area contributed by atoms with Gasteiger partial charge in [0.1, 0.15) is 6.42 Å². The monoisotopic (exact) mass is 233 g/mol. The van der Waals surface area contributed by atoms with E-state index >= 15 is 0 Å². The summed E-state index contributed by atoms with van der Waals surface area (Å²) in [7, 11) is 0. The Labute approximate surface area is 97.3 Å². The number of carbonyl (C=O) groups is 2. The number of rotatable bonds is 2. The Hall–Kier alpha value is -2.43. The molecular formula is C12H11NO4. The van der Waals surface area contributed by atoms with Crippen LogP contribution in [0.25, 0.3) is 10.9 Å². The van der Waals surface area contributed by atoms with Crippen LogP contribution in [-0.2, 0) is 9.59 Å². The first-order chi connectivity index (χ1) is 8.09. The highest BCUT2D eigenvalue weighted by atomic mass is 16.4. The van der Waals surface area contributed by atoms with Gasteiger partial charge in [-0.3, -0.25) is 14.6 Å². The van der Waals surface area contributed by atoms with E-state index in [0.717, 1.165) is 5.52 Å². The standard InChI is InChI=1S/C9H7N.C3H4O4/c1-2-6-9-8(4-1)5-3-7-10-9;4-2(5)1-3(6)7/h1-7H;1H2,(H,4,5)(H,6,7). The second-order valence-electron chi connectivity index (χ2n) is 3.16. The summed E-state index contributed by atoms with van der Waals surface area (Å²) in [5, 5.41) is 16.6. The molecule has 1 heterocycles. The largest absolute Gasteiger partial charge is 0.481 e. The van der Waals surface area contributed by atoms with Crippen molar-refractivity contribution in [2.75, 3.05) is 0 Å². The summed E-state index contributed by atoms with van der Waals surface area (Å²) < 4.78 is 0. The van der Waals surface area contributed by atoms with E-state index < -0.39 is 18.4 Å². The van der Waals surface area contributed by atoms with Crippen LogP contribution in [0.3, 0.4) is 0 Å². The number of benzene rings is 1. The minimum atomic E-state index is -1.31. The normalized spacial score (nSPS) is 9.18. The topological polar surface area (TPSA) is 87.5 Å². The molecule has 0 aliphatic carbocycles. The van der Waals surface area contributed by atoms with Crippen molar-refractivity contribution in [3.8, 4) is 0 Å². The zero-order chi connectivity index (χ0) is 12.7. The lowest BCUT2D eigenvalue weighted by Gasteiger charge is -1.91. The minimum absolute atomic E-state index is 0.806. The van der Waals surface area contributed by atoms with Crippen molar-refractivity contribution in [3.05, 3.63) is 42.6 Å². The molecule has 5 nitrogen and oxygen atoms in total. The number of pyridine rings is 1. The number of aromatic nitrogens is 1. The molecule has 17 heavy (non-hydrogen) atoms. The molecule has 0 aliphatic heterocycles. The molecule has 5 heteroatoms. The SMILES string of the molecule is O=C(O)CC(=O)O.c1ccc2ncccc2c1. The number of fused-ring (bicyclic) bond motifs is 1. The molecule has 1 aromatic heterocycles. The fourth-order valence-electron chi connectivity index (χ4n) is 1.15. The molecule has 0 saturated heterocycles. The van der Waals surface area contributed by atoms with Gasteiger partial charge in [0.15, 0.2) is 0 Å². The summed E-state index contributed by atoms with van der Waals surface area (Å²) in [5.41, 5.74) is 1.06. The molecule has 0 radical (unpaired) electrons. The minimum Gasteiger partial charge on any atom is -0.481 e. The average Bonchev–Trinajstić information content (AvgIpc) is 2.28. The third-order valence-corrected chi connectivity index (χ3v) is 1.81. The highest BCUT2D eigenvalue weighted by Crippen LogP contribution is 2.07. The lowest BCUT2D eigenvalue weighted by Crippen LogP contribution is -2.03. The smallest absolute Gasteiger partial charge is 0.314 e. The zero-order valence-electron chi connectivity index (χ0n) is 8.91. The third kappa shape index (κ3) is 4.74. The second kappa shape index (κ2) is 6.22. The van der Waals surface area contributed by atoms with Gasteiger partial charge in [0.2, 0.25) is 0 Å². The molecule has 0 spiro atoms. The van der Waals surface area contributed by atoms with Crippen LogP contribution >= 0.6 is 0 Å². The fourth-order valence-corrected chi connectivity index (χ4v) is 1.15. The van der Waals surface area contributed by atoms with Crippen LogP contribution in [0.4, 0.5) is 0 Å². The van der Waals surface area contributed by atoms with Gasteiger partial charge in [0.05, 0.1) is 5.52 Å². The van der Waals surface area contributed by atoms with Gasteiger partial charge in [0.25, 0.3) is 0 Å².